The summed E-state index contributed by atoms with van der Waals surface area (Å²) in [5.41, 5.74) is 1.29. The van der Waals surface area contributed by atoms with Crippen molar-refractivity contribution in [3.63, 3.8) is 0 Å². The lowest BCUT2D eigenvalue weighted by atomic mass is 10.2. The molecule has 2 aromatic carbocycles. The minimum atomic E-state index is -0.959. The Kier molecular flexibility index (Phi) is 6.33. The van der Waals surface area contributed by atoms with Crippen molar-refractivity contribution in [2.75, 3.05) is 11.9 Å². The van der Waals surface area contributed by atoms with Crippen LogP contribution in [0.4, 0.5) is 13.9 Å². The summed E-state index contributed by atoms with van der Waals surface area (Å²) in [6.45, 7) is -0.00308. The first kappa shape index (κ1) is 19.9. The summed E-state index contributed by atoms with van der Waals surface area (Å²) in [5.74, 6) is -2.80. The number of nitrogens with one attached hydrogen (secondary N) is 2. The van der Waals surface area contributed by atoms with E-state index < -0.39 is 17.5 Å². The van der Waals surface area contributed by atoms with Gasteiger partial charge in [-0.05, 0) is 24.3 Å². The van der Waals surface area contributed by atoms with Crippen molar-refractivity contribution in [1.82, 2.24) is 10.3 Å². The van der Waals surface area contributed by atoms with Gasteiger partial charge in [0.1, 0.15) is 11.6 Å². The third kappa shape index (κ3) is 5.11. The van der Waals surface area contributed by atoms with Gasteiger partial charge in [0.25, 0.3) is 5.91 Å². The zero-order chi connectivity index (χ0) is 20.1. The molecule has 1 aromatic heterocycles. The van der Waals surface area contributed by atoms with Crippen LogP contribution in [0.5, 0.6) is 0 Å². The molecule has 3 rings (SSSR count). The molecule has 0 radical (unpaired) electrons. The average molecular weight is 422 g/mol. The van der Waals surface area contributed by atoms with Crippen LogP contribution >= 0.6 is 22.9 Å². The Morgan fingerprint density at radius 2 is 1.86 bits per heavy atom. The summed E-state index contributed by atoms with van der Waals surface area (Å²) in [6.07, 6.45) is -0.0234. The molecule has 3 aromatic rings. The first-order valence-electron chi connectivity index (χ1n) is 8.17. The lowest BCUT2D eigenvalue weighted by molar-refractivity contribution is -0.116. The number of carbonyl (C=O) groups is 2. The number of anilines is 1. The second kappa shape index (κ2) is 8.90. The quantitative estimate of drug-likeness (QED) is 0.615. The largest absolute Gasteiger partial charge is 0.351 e. The summed E-state index contributed by atoms with van der Waals surface area (Å²) in [5, 5.41) is 7.91. The van der Waals surface area contributed by atoms with Gasteiger partial charge < -0.3 is 10.6 Å². The Bertz CT molecular complexity index is 1010. The standard InChI is InChI=1S/C19H14ClF2N3O2S/c20-12-3-1-11(2-4-12)16-10-28-19(24-16)25-17(26)7-8-23-18(27)14-6-5-13(21)9-15(14)22/h1-6,9-10H,7-8H2,(H,23,27)(H,24,25,26). The number of rotatable bonds is 6. The maximum absolute atomic E-state index is 13.5. The van der Waals surface area contributed by atoms with Gasteiger partial charge in [-0.3, -0.25) is 9.59 Å². The molecule has 2 amide bonds. The minimum absolute atomic E-state index is 0.00308. The predicted molar refractivity (Wildman–Crippen MR) is 104 cm³/mol. The summed E-state index contributed by atoms with van der Waals surface area (Å²) < 4.78 is 26.4. The van der Waals surface area contributed by atoms with Crippen LogP contribution < -0.4 is 10.6 Å². The molecule has 0 atom stereocenters. The van der Waals surface area contributed by atoms with E-state index in [-0.39, 0.29) is 24.4 Å². The lowest BCUT2D eigenvalue weighted by Gasteiger charge is -2.06. The second-order valence-corrected chi connectivity index (χ2v) is 7.02. The second-order valence-electron chi connectivity index (χ2n) is 5.72. The van der Waals surface area contributed by atoms with Gasteiger partial charge in [-0.15, -0.1) is 11.3 Å². The molecule has 0 fully saturated rings. The number of carbonyl (C=O) groups excluding carboxylic acids is 2. The number of aromatic nitrogens is 1. The van der Waals surface area contributed by atoms with E-state index in [4.69, 9.17) is 11.6 Å². The topological polar surface area (TPSA) is 71.1 Å². The van der Waals surface area contributed by atoms with Gasteiger partial charge in [0.2, 0.25) is 5.91 Å². The van der Waals surface area contributed by atoms with Crippen LogP contribution in [-0.4, -0.2) is 23.3 Å². The van der Waals surface area contributed by atoms with Gasteiger partial charge in [-0.1, -0.05) is 23.7 Å². The number of halogens is 3. The van der Waals surface area contributed by atoms with Crippen LogP contribution in [0.15, 0.2) is 47.8 Å². The van der Waals surface area contributed by atoms with E-state index in [0.29, 0.717) is 21.9 Å². The molecule has 0 aliphatic carbocycles. The van der Waals surface area contributed by atoms with E-state index in [0.717, 1.165) is 17.7 Å². The van der Waals surface area contributed by atoms with E-state index >= 15 is 0 Å². The molecule has 5 nitrogen and oxygen atoms in total. The van der Waals surface area contributed by atoms with Crippen LogP contribution in [0.1, 0.15) is 16.8 Å². The fourth-order valence-electron chi connectivity index (χ4n) is 2.32. The van der Waals surface area contributed by atoms with Crippen molar-refractivity contribution in [3.8, 4) is 11.3 Å². The Labute approximate surface area is 168 Å². The van der Waals surface area contributed by atoms with Crippen molar-refractivity contribution in [2.24, 2.45) is 0 Å². The number of hydrogen-bond donors (Lipinski definition) is 2. The molecule has 0 spiro atoms. The highest BCUT2D eigenvalue weighted by atomic mass is 35.5. The van der Waals surface area contributed by atoms with Crippen LogP contribution in [0, 0.1) is 11.6 Å². The number of benzene rings is 2. The molecule has 0 aliphatic rings. The molecule has 0 saturated carbocycles. The molecule has 2 N–H and O–H groups in total. The van der Waals surface area contributed by atoms with Gasteiger partial charge >= 0.3 is 0 Å². The maximum Gasteiger partial charge on any atom is 0.254 e. The van der Waals surface area contributed by atoms with Crippen LogP contribution in [0.3, 0.4) is 0 Å². The number of nitrogens with zero attached hydrogens (tertiary/aromatic N) is 1. The van der Waals surface area contributed by atoms with Crippen LogP contribution in [-0.2, 0) is 4.79 Å². The highest BCUT2D eigenvalue weighted by Gasteiger charge is 2.13. The summed E-state index contributed by atoms with van der Waals surface area (Å²) in [7, 11) is 0. The minimum Gasteiger partial charge on any atom is -0.351 e. The molecule has 0 aliphatic heterocycles. The molecule has 144 valence electrons. The van der Waals surface area contributed by atoms with Crippen molar-refractivity contribution >= 4 is 39.9 Å². The monoisotopic (exact) mass is 421 g/mol. The zero-order valence-corrected chi connectivity index (χ0v) is 15.9. The third-order valence-corrected chi connectivity index (χ3v) is 4.71. The van der Waals surface area contributed by atoms with E-state index in [1.807, 2.05) is 12.1 Å². The average Bonchev–Trinajstić information content (AvgIpc) is 3.10. The molecule has 9 heteroatoms. The first-order chi connectivity index (χ1) is 13.4. The Morgan fingerprint density at radius 1 is 1.11 bits per heavy atom. The van der Waals surface area contributed by atoms with Gasteiger partial charge in [0, 0.05) is 35.0 Å². The number of thiazole rings is 1. The van der Waals surface area contributed by atoms with Crippen molar-refractivity contribution in [3.05, 3.63) is 70.1 Å². The van der Waals surface area contributed by atoms with Crippen molar-refractivity contribution in [1.29, 1.82) is 0 Å². The molecule has 1 heterocycles. The van der Waals surface area contributed by atoms with E-state index in [1.165, 1.54) is 11.3 Å². The van der Waals surface area contributed by atoms with Crippen LogP contribution in [0.25, 0.3) is 11.3 Å². The van der Waals surface area contributed by atoms with Crippen molar-refractivity contribution < 1.29 is 18.4 Å². The Morgan fingerprint density at radius 3 is 2.57 bits per heavy atom. The molecular formula is C19H14ClF2N3O2S. The fraction of sp³-hybridized carbons (Fsp3) is 0.105. The maximum atomic E-state index is 13.5. The SMILES string of the molecule is O=C(CCNC(=O)c1ccc(F)cc1F)Nc1nc(-c2ccc(Cl)cc2)cs1. The van der Waals surface area contributed by atoms with Gasteiger partial charge in [-0.25, -0.2) is 13.8 Å². The summed E-state index contributed by atoms with van der Waals surface area (Å²) in [4.78, 5) is 28.2. The molecular weight excluding hydrogens is 408 g/mol. The van der Waals surface area contributed by atoms with Crippen LogP contribution in [0.2, 0.25) is 5.02 Å². The van der Waals surface area contributed by atoms with E-state index in [1.54, 1.807) is 17.5 Å². The first-order valence-corrected chi connectivity index (χ1v) is 9.43. The lowest BCUT2D eigenvalue weighted by Crippen LogP contribution is -2.28. The molecule has 0 unspecified atom stereocenters. The highest BCUT2D eigenvalue weighted by Crippen LogP contribution is 2.26. The summed E-state index contributed by atoms with van der Waals surface area (Å²) in [6, 6.07) is 9.82. The van der Waals surface area contributed by atoms with Gasteiger partial charge in [0.15, 0.2) is 5.13 Å². The Balaban J connectivity index is 1.49. The zero-order valence-electron chi connectivity index (χ0n) is 14.3. The van der Waals surface area contributed by atoms with Gasteiger partial charge in [-0.2, -0.15) is 0 Å². The molecule has 28 heavy (non-hydrogen) atoms. The van der Waals surface area contributed by atoms with E-state index in [9.17, 15) is 18.4 Å². The number of hydrogen-bond acceptors (Lipinski definition) is 4. The smallest absolute Gasteiger partial charge is 0.254 e. The van der Waals surface area contributed by atoms with Gasteiger partial charge in [0.05, 0.1) is 11.3 Å². The van der Waals surface area contributed by atoms with E-state index in [2.05, 4.69) is 15.6 Å². The van der Waals surface area contributed by atoms with Crippen molar-refractivity contribution in [2.45, 2.75) is 6.42 Å². The normalized spacial score (nSPS) is 10.5. The molecule has 0 bridgehead atoms. The predicted octanol–water partition coefficient (Wildman–Crippen LogP) is 4.50. The third-order valence-electron chi connectivity index (χ3n) is 3.70. The number of amides is 2. The summed E-state index contributed by atoms with van der Waals surface area (Å²) >= 11 is 7.12. The fourth-order valence-corrected chi connectivity index (χ4v) is 3.19. The highest BCUT2D eigenvalue weighted by molar-refractivity contribution is 7.14. The molecule has 0 saturated heterocycles. The Hall–Kier alpha value is -2.84.